The van der Waals surface area contributed by atoms with Gasteiger partial charge in [0.1, 0.15) is 5.82 Å². The summed E-state index contributed by atoms with van der Waals surface area (Å²) in [6, 6.07) is 10.7. The minimum absolute atomic E-state index is 0.0929. The molecule has 0 aliphatic carbocycles. The summed E-state index contributed by atoms with van der Waals surface area (Å²) in [5.41, 5.74) is 2.16. The molecule has 2 aliphatic rings. The highest BCUT2D eigenvalue weighted by molar-refractivity contribution is 5.77. The highest BCUT2D eigenvalue weighted by Crippen LogP contribution is 2.23. The quantitative estimate of drug-likeness (QED) is 0.858. The van der Waals surface area contributed by atoms with Crippen molar-refractivity contribution in [3.8, 4) is 0 Å². The monoisotopic (exact) mass is 340 g/mol. The van der Waals surface area contributed by atoms with E-state index in [1.165, 1.54) is 17.7 Å². The second-order valence-corrected chi connectivity index (χ2v) is 6.73. The Morgan fingerprint density at radius 3 is 2.64 bits per heavy atom. The summed E-state index contributed by atoms with van der Waals surface area (Å²) < 4.78 is 13.0. The van der Waals surface area contributed by atoms with E-state index in [1.54, 1.807) is 18.3 Å². The van der Waals surface area contributed by atoms with E-state index in [1.807, 2.05) is 22.1 Å². The molecule has 1 aromatic heterocycles. The molecule has 1 atom stereocenters. The van der Waals surface area contributed by atoms with Crippen LogP contribution in [0.15, 0.2) is 48.8 Å². The normalized spacial score (nSPS) is 20.8. The third-order valence-electron chi connectivity index (χ3n) is 4.93. The highest BCUT2D eigenvalue weighted by atomic mass is 19.1. The number of amides is 2. The van der Waals surface area contributed by atoms with Gasteiger partial charge in [-0.05, 0) is 29.3 Å². The number of rotatable bonds is 4. The van der Waals surface area contributed by atoms with Crippen LogP contribution in [-0.2, 0) is 13.1 Å². The lowest BCUT2D eigenvalue weighted by atomic mass is 10.1. The topological polar surface area (TPSA) is 39.7 Å². The van der Waals surface area contributed by atoms with Crippen molar-refractivity contribution in [1.29, 1.82) is 0 Å². The molecule has 5 nitrogen and oxygen atoms in total. The van der Waals surface area contributed by atoms with E-state index in [-0.39, 0.29) is 17.9 Å². The molecule has 0 radical (unpaired) electrons. The maximum absolute atomic E-state index is 13.0. The lowest BCUT2D eigenvalue weighted by Crippen LogP contribution is -2.51. The number of urea groups is 1. The van der Waals surface area contributed by atoms with E-state index in [9.17, 15) is 9.18 Å². The second-order valence-electron chi connectivity index (χ2n) is 6.73. The maximum atomic E-state index is 13.0. The van der Waals surface area contributed by atoms with Crippen molar-refractivity contribution in [2.45, 2.75) is 19.1 Å². The van der Waals surface area contributed by atoms with Crippen molar-refractivity contribution in [1.82, 2.24) is 19.7 Å². The first-order valence-corrected chi connectivity index (χ1v) is 8.60. The van der Waals surface area contributed by atoms with Gasteiger partial charge in [-0.3, -0.25) is 9.88 Å². The number of fused-ring (bicyclic) bond motifs is 1. The average Bonchev–Trinajstić information content (AvgIpc) is 2.93. The fourth-order valence-corrected chi connectivity index (χ4v) is 3.68. The Hall–Kier alpha value is -2.47. The minimum Gasteiger partial charge on any atom is -0.318 e. The third-order valence-corrected chi connectivity index (χ3v) is 4.93. The summed E-state index contributed by atoms with van der Waals surface area (Å²) in [5, 5.41) is 0. The number of pyridine rings is 1. The lowest BCUT2D eigenvalue weighted by molar-refractivity contribution is 0.116. The summed E-state index contributed by atoms with van der Waals surface area (Å²) in [6.07, 6.45) is 3.68. The van der Waals surface area contributed by atoms with Gasteiger partial charge in [0, 0.05) is 51.7 Å². The van der Waals surface area contributed by atoms with E-state index < -0.39 is 0 Å². The van der Waals surface area contributed by atoms with Crippen molar-refractivity contribution >= 4 is 6.03 Å². The Bertz CT molecular complexity index is 737. The Morgan fingerprint density at radius 1 is 1.04 bits per heavy atom. The van der Waals surface area contributed by atoms with Gasteiger partial charge in [-0.15, -0.1) is 0 Å². The minimum atomic E-state index is -0.250. The summed E-state index contributed by atoms with van der Waals surface area (Å²) in [5.74, 6) is -0.250. The van der Waals surface area contributed by atoms with Gasteiger partial charge in [0.2, 0.25) is 0 Å². The van der Waals surface area contributed by atoms with Crippen LogP contribution in [0, 0.1) is 5.82 Å². The molecule has 2 saturated heterocycles. The van der Waals surface area contributed by atoms with Crippen LogP contribution >= 0.6 is 0 Å². The molecular weight excluding hydrogens is 319 g/mol. The number of carbonyl (C=O) groups excluding carboxylic acids is 1. The molecule has 1 aromatic carbocycles. The number of piperazine rings is 1. The van der Waals surface area contributed by atoms with E-state index in [0.29, 0.717) is 6.54 Å². The number of benzene rings is 1. The van der Waals surface area contributed by atoms with Crippen LogP contribution in [0.5, 0.6) is 0 Å². The van der Waals surface area contributed by atoms with Gasteiger partial charge in [-0.1, -0.05) is 18.2 Å². The number of hydrogen-bond acceptors (Lipinski definition) is 3. The molecule has 4 rings (SSSR count). The maximum Gasteiger partial charge on any atom is 0.320 e. The molecule has 0 N–H and O–H groups in total. The van der Waals surface area contributed by atoms with Gasteiger partial charge in [0.15, 0.2) is 0 Å². The zero-order chi connectivity index (χ0) is 17.2. The molecule has 0 bridgehead atoms. The molecule has 0 saturated carbocycles. The number of carbonyl (C=O) groups is 1. The van der Waals surface area contributed by atoms with Crippen molar-refractivity contribution < 1.29 is 9.18 Å². The molecule has 3 heterocycles. The zero-order valence-corrected chi connectivity index (χ0v) is 14.0. The first kappa shape index (κ1) is 16.0. The Kier molecular flexibility index (Phi) is 4.36. The molecule has 2 amide bonds. The van der Waals surface area contributed by atoms with Crippen LogP contribution in [-0.4, -0.2) is 57.9 Å². The standard InChI is InChI=1S/C19H21FN4O/c20-17-5-3-15(4-6-17)12-23-14-18-13-22(8-9-24(18)19(23)25)11-16-2-1-7-21-10-16/h1-7,10,18H,8-9,11-14H2/t18-/m1/s1. The first-order chi connectivity index (χ1) is 12.2. The molecule has 2 aromatic rings. The van der Waals surface area contributed by atoms with Crippen LogP contribution in [0.2, 0.25) is 0 Å². The zero-order valence-electron chi connectivity index (χ0n) is 14.0. The number of halogens is 1. The van der Waals surface area contributed by atoms with Crippen molar-refractivity contribution in [3.63, 3.8) is 0 Å². The predicted molar refractivity (Wildman–Crippen MR) is 92.2 cm³/mol. The summed E-state index contributed by atoms with van der Waals surface area (Å²) >= 11 is 0. The van der Waals surface area contributed by atoms with E-state index >= 15 is 0 Å². The molecule has 25 heavy (non-hydrogen) atoms. The molecule has 0 spiro atoms. The summed E-state index contributed by atoms with van der Waals surface area (Å²) in [4.78, 5) is 23.0. The lowest BCUT2D eigenvalue weighted by Gasteiger charge is -2.36. The van der Waals surface area contributed by atoms with Crippen LogP contribution in [0.3, 0.4) is 0 Å². The molecule has 0 unspecified atom stereocenters. The van der Waals surface area contributed by atoms with Crippen molar-refractivity contribution in [2.24, 2.45) is 0 Å². The van der Waals surface area contributed by atoms with Gasteiger partial charge < -0.3 is 9.80 Å². The van der Waals surface area contributed by atoms with Gasteiger partial charge in [-0.2, -0.15) is 0 Å². The van der Waals surface area contributed by atoms with Gasteiger partial charge in [0.05, 0.1) is 6.04 Å². The van der Waals surface area contributed by atoms with Crippen molar-refractivity contribution in [2.75, 3.05) is 26.2 Å². The Balaban J connectivity index is 1.38. The number of hydrogen-bond donors (Lipinski definition) is 0. The second kappa shape index (κ2) is 6.80. The van der Waals surface area contributed by atoms with Gasteiger partial charge >= 0.3 is 6.03 Å². The average molecular weight is 340 g/mol. The summed E-state index contributed by atoms with van der Waals surface area (Å²) in [6.45, 7) is 4.63. The molecule has 2 fully saturated rings. The van der Waals surface area contributed by atoms with Gasteiger partial charge in [-0.25, -0.2) is 9.18 Å². The molecule has 6 heteroatoms. The van der Waals surface area contributed by atoms with Crippen LogP contribution < -0.4 is 0 Å². The number of nitrogens with zero attached hydrogens (tertiary/aromatic N) is 4. The molecular formula is C19H21FN4O. The Labute approximate surface area is 146 Å². The van der Waals surface area contributed by atoms with E-state index in [2.05, 4.69) is 16.0 Å². The molecule has 2 aliphatic heterocycles. The Morgan fingerprint density at radius 2 is 1.88 bits per heavy atom. The van der Waals surface area contributed by atoms with E-state index in [0.717, 1.165) is 38.3 Å². The van der Waals surface area contributed by atoms with Gasteiger partial charge in [0.25, 0.3) is 0 Å². The molecule has 130 valence electrons. The smallest absolute Gasteiger partial charge is 0.318 e. The highest BCUT2D eigenvalue weighted by Gasteiger charge is 2.40. The fraction of sp³-hybridized carbons (Fsp3) is 0.368. The van der Waals surface area contributed by atoms with Crippen LogP contribution in [0.4, 0.5) is 9.18 Å². The summed E-state index contributed by atoms with van der Waals surface area (Å²) in [7, 11) is 0. The SMILES string of the molecule is O=C1N(Cc2ccc(F)cc2)C[C@H]2CN(Cc3cccnc3)CCN12. The van der Waals surface area contributed by atoms with Crippen molar-refractivity contribution in [3.05, 3.63) is 65.7 Å². The van der Waals surface area contributed by atoms with Crippen LogP contribution in [0.25, 0.3) is 0 Å². The van der Waals surface area contributed by atoms with E-state index in [4.69, 9.17) is 0 Å². The largest absolute Gasteiger partial charge is 0.320 e. The van der Waals surface area contributed by atoms with Crippen LogP contribution in [0.1, 0.15) is 11.1 Å². The fourth-order valence-electron chi connectivity index (χ4n) is 3.68. The first-order valence-electron chi connectivity index (χ1n) is 8.60. The third kappa shape index (κ3) is 3.49. The predicted octanol–water partition coefficient (Wildman–Crippen LogP) is 2.34. The number of aromatic nitrogens is 1.